The fourth-order valence-corrected chi connectivity index (χ4v) is 2.53. The number of aliphatic hydroxyl groups excluding tert-OH is 1. The lowest BCUT2D eigenvalue weighted by Crippen LogP contribution is -2.28. The van der Waals surface area contributed by atoms with Gasteiger partial charge in [0.2, 0.25) is 0 Å². The molecule has 0 aliphatic carbocycles. The SMILES string of the molecule is COc1cccc(C(O)CNC(=O)c2c(Cl)cccc2Cl)c1. The van der Waals surface area contributed by atoms with Gasteiger partial charge in [0.15, 0.2) is 0 Å². The standard InChI is InChI=1S/C16H15Cl2NO3/c1-22-11-5-2-4-10(8-11)14(20)9-19-16(21)15-12(17)6-3-7-13(15)18/h2-8,14,20H,9H2,1H3,(H,19,21). The number of methoxy groups -OCH3 is 1. The number of benzene rings is 2. The van der Waals surface area contributed by atoms with Gasteiger partial charge in [0.1, 0.15) is 5.75 Å². The van der Waals surface area contributed by atoms with Crippen LogP contribution in [0.15, 0.2) is 42.5 Å². The number of rotatable bonds is 5. The third kappa shape index (κ3) is 3.91. The quantitative estimate of drug-likeness (QED) is 0.876. The van der Waals surface area contributed by atoms with Crippen LogP contribution in [0.5, 0.6) is 5.75 Å². The van der Waals surface area contributed by atoms with Crippen molar-refractivity contribution in [1.29, 1.82) is 0 Å². The molecule has 0 spiro atoms. The summed E-state index contributed by atoms with van der Waals surface area (Å²) in [5.74, 6) is 0.203. The lowest BCUT2D eigenvalue weighted by Gasteiger charge is -2.14. The monoisotopic (exact) mass is 339 g/mol. The highest BCUT2D eigenvalue weighted by atomic mass is 35.5. The van der Waals surface area contributed by atoms with Gasteiger partial charge in [-0.3, -0.25) is 4.79 Å². The maximum Gasteiger partial charge on any atom is 0.254 e. The summed E-state index contributed by atoms with van der Waals surface area (Å²) in [6, 6.07) is 11.8. The molecule has 0 aliphatic rings. The van der Waals surface area contributed by atoms with E-state index in [1.54, 1.807) is 49.6 Å². The second-order valence-corrected chi connectivity index (χ2v) is 5.41. The van der Waals surface area contributed by atoms with E-state index in [2.05, 4.69) is 5.32 Å². The second kappa shape index (κ2) is 7.49. The van der Waals surface area contributed by atoms with Crippen LogP contribution in [0.4, 0.5) is 0 Å². The first kappa shape index (κ1) is 16.6. The van der Waals surface area contributed by atoms with Gasteiger partial charge in [-0.25, -0.2) is 0 Å². The van der Waals surface area contributed by atoms with Crippen LogP contribution in [0.1, 0.15) is 22.0 Å². The molecule has 2 aromatic rings. The number of carbonyl (C=O) groups excluding carboxylic acids is 1. The molecule has 22 heavy (non-hydrogen) atoms. The molecule has 0 heterocycles. The topological polar surface area (TPSA) is 58.6 Å². The average Bonchev–Trinajstić information content (AvgIpc) is 2.52. The van der Waals surface area contributed by atoms with E-state index in [9.17, 15) is 9.90 Å². The number of hydrogen-bond acceptors (Lipinski definition) is 3. The zero-order chi connectivity index (χ0) is 16.1. The van der Waals surface area contributed by atoms with Crippen LogP contribution in [-0.2, 0) is 0 Å². The van der Waals surface area contributed by atoms with Crippen LogP contribution in [0.25, 0.3) is 0 Å². The minimum absolute atomic E-state index is 0.0353. The van der Waals surface area contributed by atoms with Gasteiger partial charge in [0.05, 0.1) is 28.8 Å². The zero-order valence-electron chi connectivity index (χ0n) is 11.8. The number of halogens is 2. The van der Waals surface area contributed by atoms with Gasteiger partial charge in [0, 0.05) is 6.54 Å². The molecule has 6 heteroatoms. The van der Waals surface area contributed by atoms with Crippen LogP contribution >= 0.6 is 23.2 Å². The maximum absolute atomic E-state index is 12.1. The first-order valence-corrected chi connectivity index (χ1v) is 7.32. The van der Waals surface area contributed by atoms with Crippen molar-refractivity contribution in [2.24, 2.45) is 0 Å². The van der Waals surface area contributed by atoms with Gasteiger partial charge >= 0.3 is 0 Å². The van der Waals surface area contributed by atoms with Crippen LogP contribution in [0.2, 0.25) is 10.0 Å². The Kier molecular flexibility index (Phi) is 5.66. The summed E-state index contributed by atoms with van der Waals surface area (Å²) in [5, 5.41) is 13.3. The molecular weight excluding hydrogens is 325 g/mol. The Morgan fingerprint density at radius 3 is 2.50 bits per heavy atom. The van der Waals surface area contributed by atoms with Crippen molar-refractivity contribution in [1.82, 2.24) is 5.32 Å². The lowest BCUT2D eigenvalue weighted by molar-refractivity contribution is 0.0916. The fourth-order valence-electron chi connectivity index (χ4n) is 1.96. The second-order valence-electron chi connectivity index (χ2n) is 4.60. The number of ether oxygens (including phenoxy) is 1. The number of carbonyl (C=O) groups is 1. The van der Waals surface area contributed by atoms with Gasteiger partial charge < -0.3 is 15.2 Å². The van der Waals surface area contributed by atoms with Gasteiger partial charge in [-0.15, -0.1) is 0 Å². The van der Waals surface area contributed by atoms with Crippen LogP contribution in [0, 0.1) is 0 Å². The van der Waals surface area contributed by atoms with E-state index in [4.69, 9.17) is 27.9 Å². The van der Waals surface area contributed by atoms with Gasteiger partial charge in [-0.1, -0.05) is 41.4 Å². The lowest BCUT2D eigenvalue weighted by atomic mass is 10.1. The summed E-state index contributed by atoms with van der Waals surface area (Å²) >= 11 is 11.9. The first-order chi connectivity index (χ1) is 10.5. The van der Waals surface area contributed by atoms with E-state index in [0.29, 0.717) is 11.3 Å². The fraction of sp³-hybridized carbons (Fsp3) is 0.188. The molecule has 2 N–H and O–H groups in total. The molecule has 1 amide bonds. The molecular formula is C16H15Cl2NO3. The maximum atomic E-state index is 12.1. The molecule has 0 bridgehead atoms. The Bertz CT molecular complexity index is 656. The Hall–Kier alpha value is -1.75. The minimum Gasteiger partial charge on any atom is -0.497 e. The van der Waals surface area contributed by atoms with E-state index < -0.39 is 12.0 Å². The van der Waals surface area contributed by atoms with Crippen LogP contribution in [-0.4, -0.2) is 24.7 Å². The molecule has 0 aliphatic heterocycles. The summed E-state index contributed by atoms with van der Waals surface area (Å²) in [6.07, 6.45) is -0.861. The Balaban J connectivity index is 2.04. The van der Waals surface area contributed by atoms with E-state index in [-0.39, 0.29) is 22.2 Å². The Morgan fingerprint density at radius 2 is 1.86 bits per heavy atom. The third-order valence-corrected chi connectivity index (χ3v) is 3.75. The predicted molar refractivity (Wildman–Crippen MR) is 86.7 cm³/mol. The molecule has 2 rings (SSSR count). The summed E-state index contributed by atoms with van der Waals surface area (Å²) in [4.78, 5) is 12.1. The van der Waals surface area contributed by atoms with Gasteiger partial charge in [-0.05, 0) is 29.8 Å². The normalized spacial score (nSPS) is 11.8. The van der Waals surface area contributed by atoms with Crippen molar-refractivity contribution >= 4 is 29.1 Å². The van der Waals surface area contributed by atoms with Crippen molar-refractivity contribution < 1.29 is 14.6 Å². The first-order valence-electron chi connectivity index (χ1n) is 6.57. The Morgan fingerprint density at radius 1 is 1.23 bits per heavy atom. The number of hydrogen-bond donors (Lipinski definition) is 2. The van der Waals surface area contributed by atoms with E-state index in [0.717, 1.165) is 0 Å². The van der Waals surface area contributed by atoms with E-state index >= 15 is 0 Å². The molecule has 0 aromatic heterocycles. The average molecular weight is 340 g/mol. The van der Waals surface area contributed by atoms with Crippen LogP contribution in [0.3, 0.4) is 0 Å². The number of amides is 1. The molecule has 1 atom stereocenters. The summed E-state index contributed by atoms with van der Waals surface area (Å²) in [5.41, 5.74) is 0.841. The molecule has 0 fully saturated rings. The molecule has 4 nitrogen and oxygen atoms in total. The molecule has 1 unspecified atom stereocenters. The highest BCUT2D eigenvalue weighted by Gasteiger charge is 2.16. The van der Waals surface area contributed by atoms with E-state index in [1.165, 1.54) is 0 Å². The molecule has 0 radical (unpaired) electrons. The van der Waals surface area contributed by atoms with Crippen molar-refractivity contribution in [2.45, 2.75) is 6.10 Å². The highest BCUT2D eigenvalue weighted by Crippen LogP contribution is 2.24. The largest absolute Gasteiger partial charge is 0.497 e. The Labute approximate surface area is 138 Å². The third-order valence-electron chi connectivity index (χ3n) is 3.12. The van der Waals surface area contributed by atoms with Crippen LogP contribution < -0.4 is 10.1 Å². The molecule has 116 valence electrons. The zero-order valence-corrected chi connectivity index (χ0v) is 13.4. The predicted octanol–water partition coefficient (Wildman–Crippen LogP) is 3.47. The molecule has 2 aromatic carbocycles. The van der Waals surface area contributed by atoms with E-state index in [1.807, 2.05) is 0 Å². The molecule has 0 saturated carbocycles. The van der Waals surface area contributed by atoms with Gasteiger partial charge in [-0.2, -0.15) is 0 Å². The van der Waals surface area contributed by atoms with Crippen molar-refractivity contribution in [3.8, 4) is 5.75 Å². The van der Waals surface area contributed by atoms with Gasteiger partial charge in [0.25, 0.3) is 5.91 Å². The highest BCUT2D eigenvalue weighted by molar-refractivity contribution is 6.39. The van der Waals surface area contributed by atoms with Crippen molar-refractivity contribution in [3.05, 3.63) is 63.6 Å². The van der Waals surface area contributed by atoms with Crippen molar-refractivity contribution in [2.75, 3.05) is 13.7 Å². The minimum atomic E-state index is -0.861. The number of nitrogens with one attached hydrogen (secondary N) is 1. The summed E-state index contributed by atoms with van der Waals surface area (Å²) in [6.45, 7) is 0.0353. The number of aliphatic hydroxyl groups is 1. The summed E-state index contributed by atoms with van der Waals surface area (Å²) in [7, 11) is 1.55. The summed E-state index contributed by atoms with van der Waals surface area (Å²) < 4.78 is 5.10. The smallest absolute Gasteiger partial charge is 0.254 e. The van der Waals surface area contributed by atoms with Crippen molar-refractivity contribution in [3.63, 3.8) is 0 Å². The molecule has 0 saturated heterocycles.